The van der Waals surface area contributed by atoms with Crippen molar-refractivity contribution in [2.24, 2.45) is 0 Å². The average Bonchev–Trinajstić information content (AvgIpc) is 2.59. The van der Waals surface area contributed by atoms with E-state index < -0.39 is 0 Å². The SMILES string of the molecule is COC1(CNc2snc(C)c2C(C)=O)CCC1. The molecule has 0 unspecified atom stereocenters. The molecular formula is C12H18N2O2S. The van der Waals surface area contributed by atoms with Gasteiger partial charge in [-0.15, -0.1) is 0 Å². The van der Waals surface area contributed by atoms with Crippen LogP contribution in [0.5, 0.6) is 0 Å². The van der Waals surface area contributed by atoms with Crippen molar-refractivity contribution in [2.45, 2.75) is 38.7 Å². The zero-order valence-corrected chi connectivity index (χ0v) is 11.3. The van der Waals surface area contributed by atoms with Crippen LogP contribution in [-0.4, -0.2) is 29.4 Å². The number of anilines is 1. The first-order chi connectivity index (χ1) is 8.08. The molecule has 1 aromatic heterocycles. The number of rotatable bonds is 5. The number of carbonyl (C=O) groups excluding carboxylic acids is 1. The lowest BCUT2D eigenvalue weighted by Crippen LogP contribution is -2.45. The highest BCUT2D eigenvalue weighted by atomic mass is 32.1. The number of hydrogen-bond donors (Lipinski definition) is 1. The van der Waals surface area contributed by atoms with Gasteiger partial charge in [-0.2, -0.15) is 4.37 Å². The van der Waals surface area contributed by atoms with Crippen LogP contribution in [0.1, 0.15) is 42.2 Å². The molecule has 2 rings (SSSR count). The third kappa shape index (κ3) is 2.35. The maximum absolute atomic E-state index is 11.5. The van der Waals surface area contributed by atoms with Crippen LogP contribution >= 0.6 is 11.5 Å². The summed E-state index contributed by atoms with van der Waals surface area (Å²) in [5.41, 5.74) is 1.50. The molecule has 0 amide bonds. The van der Waals surface area contributed by atoms with Gasteiger partial charge in [-0.05, 0) is 44.6 Å². The summed E-state index contributed by atoms with van der Waals surface area (Å²) in [5.74, 6) is 0.0684. The molecule has 1 aliphatic rings. The van der Waals surface area contributed by atoms with Crippen molar-refractivity contribution in [3.63, 3.8) is 0 Å². The number of Topliss-reactive ketones (excluding diaryl/α,β-unsaturated/α-hetero) is 1. The Bertz CT molecular complexity index is 419. The highest BCUT2D eigenvalue weighted by Crippen LogP contribution is 2.36. The van der Waals surface area contributed by atoms with Crippen LogP contribution in [-0.2, 0) is 4.74 Å². The van der Waals surface area contributed by atoms with Gasteiger partial charge in [0.2, 0.25) is 0 Å². The van der Waals surface area contributed by atoms with Crippen molar-refractivity contribution in [2.75, 3.05) is 19.0 Å². The van der Waals surface area contributed by atoms with Crippen LogP contribution < -0.4 is 5.32 Å². The minimum atomic E-state index is -0.0358. The molecule has 0 bridgehead atoms. The molecule has 0 aromatic carbocycles. The highest BCUT2D eigenvalue weighted by Gasteiger charge is 2.37. The number of carbonyl (C=O) groups is 1. The van der Waals surface area contributed by atoms with Crippen molar-refractivity contribution in [1.29, 1.82) is 0 Å². The second kappa shape index (κ2) is 4.74. The summed E-state index contributed by atoms with van der Waals surface area (Å²) in [7, 11) is 1.75. The van der Waals surface area contributed by atoms with Crippen LogP contribution in [0.25, 0.3) is 0 Å². The molecular weight excluding hydrogens is 236 g/mol. The molecule has 1 N–H and O–H groups in total. The lowest BCUT2D eigenvalue weighted by atomic mass is 9.80. The van der Waals surface area contributed by atoms with Gasteiger partial charge in [0, 0.05) is 13.7 Å². The standard InChI is InChI=1S/C12H18N2O2S/c1-8-10(9(2)15)11(17-14-8)13-7-12(16-3)5-4-6-12/h13H,4-7H2,1-3H3. The first-order valence-electron chi connectivity index (χ1n) is 5.84. The number of ether oxygens (including phenoxy) is 1. The van der Waals surface area contributed by atoms with Crippen LogP contribution in [0, 0.1) is 6.92 Å². The minimum absolute atomic E-state index is 0.0358. The number of nitrogens with zero attached hydrogens (tertiary/aromatic N) is 1. The van der Waals surface area contributed by atoms with E-state index in [1.54, 1.807) is 14.0 Å². The molecule has 0 radical (unpaired) electrons. The van der Waals surface area contributed by atoms with Crippen molar-refractivity contribution in [3.8, 4) is 0 Å². The fraction of sp³-hybridized carbons (Fsp3) is 0.667. The molecule has 0 spiro atoms. The van der Waals surface area contributed by atoms with Gasteiger partial charge in [-0.1, -0.05) is 0 Å². The number of aromatic nitrogens is 1. The molecule has 1 aromatic rings. The predicted molar refractivity (Wildman–Crippen MR) is 68.9 cm³/mol. The van der Waals surface area contributed by atoms with Gasteiger partial charge < -0.3 is 10.1 Å². The molecule has 1 heterocycles. The van der Waals surface area contributed by atoms with Gasteiger partial charge in [-0.3, -0.25) is 4.79 Å². The lowest BCUT2D eigenvalue weighted by molar-refractivity contribution is -0.0600. The number of aryl methyl sites for hydroxylation is 1. The van der Waals surface area contributed by atoms with E-state index in [1.165, 1.54) is 18.0 Å². The van der Waals surface area contributed by atoms with E-state index >= 15 is 0 Å². The summed E-state index contributed by atoms with van der Waals surface area (Å²) < 4.78 is 9.77. The molecule has 1 saturated carbocycles. The van der Waals surface area contributed by atoms with E-state index in [4.69, 9.17) is 4.74 Å². The van der Waals surface area contributed by atoms with E-state index in [0.717, 1.165) is 35.6 Å². The van der Waals surface area contributed by atoms with Crippen LogP contribution in [0.2, 0.25) is 0 Å². The van der Waals surface area contributed by atoms with Crippen LogP contribution in [0.15, 0.2) is 0 Å². The molecule has 0 aliphatic heterocycles. The Morgan fingerprint density at radius 3 is 2.76 bits per heavy atom. The Hall–Kier alpha value is -0.940. The zero-order valence-electron chi connectivity index (χ0n) is 10.5. The molecule has 1 fully saturated rings. The van der Waals surface area contributed by atoms with Crippen molar-refractivity contribution in [3.05, 3.63) is 11.3 Å². The summed E-state index contributed by atoms with van der Waals surface area (Å²) in [6.07, 6.45) is 3.39. The predicted octanol–water partition coefficient (Wildman–Crippen LogP) is 2.64. The van der Waals surface area contributed by atoms with Gasteiger partial charge in [0.1, 0.15) is 5.00 Å². The van der Waals surface area contributed by atoms with Gasteiger partial charge in [-0.25, -0.2) is 0 Å². The van der Waals surface area contributed by atoms with Crippen LogP contribution in [0.3, 0.4) is 0 Å². The fourth-order valence-corrected chi connectivity index (χ4v) is 3.01. The number of ketones is 1. The second-order valence-electron chi connectivity index (χ2n) is 4.62. The highest BCUT2D eigenvalue weighted by molar-refractivity contribution is 7.10. The molecule has 0 saturated heterocycles. The molecule has 94 valence electrons. The Kier molecular flexibility index (Phi) is 3.49. The van der Waals surface area contributed by atoms with Crippen molar-refractivity contribution in [1.82, 2.24) is 4.37 Å². The first kappa shape index (κ1) is 12.5. The van der Waals surface area contributed by atoms with Crippen LogP contribution in [0.4, 0.5) is 5.00 Å². The fourth-order valence-electron chi connectivity index (χ4n) is 2.17. The quantitative estimate of drug-likeness (QED) is 0.821. The normalized spacial score (nSPS) is 17.6. The molecule has 4 nitrogen and oxygen atoms in total. The average molecular weight is 254 g/mol. The lowest BCUT2D eigenvalue weighted by Gasteiger charge is -2.40. The maximum atomic E-state index is 11.5. The molecule has 17 heavy (non-hydrogen) atoms. The van der Waals surface area contributed by atoms with E-state index in [9.17, 15) is 4.79 Å². The van der Waals surface area contributed by atoms with E-state index in [0.29, 0.717) is 0 Å². The van der Waals surface area contributed by atoms with Gasteiger partial charge >= 0.3 is 0 Å². The number of hydrogen-bond acceptors (Lipinski definition) is 5. The summed E-state index contributed by atoms with van der Waals surface area (Å²) in [6.45, 7) is 4.20. The Morgan fingerprint density at radius 2 is 2.29 bits per heavy atom. The summed E-state index contributed by atoms with van der Waals surface area (Å²) in [6, 6.07) is 0. The van der Waals surface area contributed by atoms with Crippen molar-refractivity contribution < 1.29 is 9.53 Å². The third-order valence-corrected chi connectivity index (χ3v) is 4.38. The van der Waals surface area contributed by atoms with Crippen molar-refractivity contribution >= 4 is 22.3 Å². The Balaban J connectivity index is 2.06. The monoisotopic (exact) mass is 254 g/mol. The third-order valence-electron chi connectivity index (χ3n) is 3.48. The molecule has 5 heteroatoms. The summed E-state index contributed by atoms with van der Waals surface area (Å²) in [4.78, 5) is 11.5. The summed E-state index contributed by atoms with van der Waals surface area (Å²) in [5, 5.41) is 4.19. The van der Waals surface area contributed by atoms with E-state index in [-0.39, 0.29) is 11.4 Å². The van der Waals surface area contributed by atoms with Gasteiger partial charge in [0.25, 0.3) is 0 Å². The maximum Gasteiger partial charge on any atom is 0.164 e. The molecule has 0 atom stereocenters. The first-order valence-corrected chi connectivity index (χ1v) is 6.61. The van der Waals surface area contributed by atoms with E-state index in [1.807, 2.05) is 6.92 Å². The van der Waals surface area contributed by atoms with E-state index in [2.05, 4.69) is 9.69 Å². The minimum Gasteiger partial charge on any atom is -0.376 e. The number of nitrogens with one attached hydrogen (secondary N) is 1. The smallest absolute Gasteiger partial charge is 0.164 e. The number of methoxy groups -OCH3 is 1. The second-order valence-corrected chi connectivity index (χ2v) is 5.40. The van der Waals surface area contributed by atoms with Gasteiger partial charge in [0.15, 0.2) is 5.78 Å². The Morgan fingerprint density at radius 1 is 1.59 bits per heavy atom. The zero-order chi connectivity index (χ0) is 12.5. The Labute approximate surface area is 106 Å². The van der Waals surface area contributed by atoms with Gasteiger partial charge in [0.05, 0.1) is 16.9 Å². The summed E-state index contributed by atoms with van der Waals surface area (Å²) >= 11 is 1.35. The topological polar surface area (TPSA) is 51.2 Å². The molecule has 1 aliphatic carbocycles. The largest absolute Gasteiger partial charge is 0.376 e.